The molecular formula is C22H14N2O2S. The highest BCUT2D eigenvalue weighted by Crippen LogP contribution is 2.34. The van der Waals surface area contributed by atoms with Gasteiger partial charge in [0.2, 0.25) is 0 Å². The van der Waals surface area contributed by atoms with Gasteiger partial charge >= 0.3 is 0 Å². The Balaban J connectivity index is 1.58. The highest BCUT2D eigenvalue weighted by atomic mass is 32.1. The summed E-state index contributed by atoms with van der Waals surface area (Å²) < 4.78 is 1.09. The summed E-state index contributed by atoms with van der Waals surface area (Å²) in [5, 5.41) is 0.841. The standard InChI is InChI=1S/C22H14N2O2S/c1-13-6-9-15(10-7-13)24-21(25)16-11-8-14(12-17(16)22(24)26)20-23-18-4-2-3-5-19(18)27-20/h2-12H,1H3. The largest absolute Gasteiger partial charge is 0.268 e. The number of nitrogens with zero attached hydrogens (tertiary/aromatic N) is 2. The second kappa shape index (κ2) is 5.86. The number of anilines is 1. The van der Waals surface area contributed by atoms with E-state index in [0.29, 0.717) is 16.8 Å². The minimum absolute atomic E-state index is 0.283. The van der Waals surface area contributed by atoms with Crippen molar-refractivity contribution in [2.24, 2.45) is 0 Å². The number of aromatic nitrogens is 1. The molecule has 0 radical (unpaired) electrons. The van der Waals surface area contributed by atoms with Gasteiger partial charge in [0.15, 0.2) is 0 Å². The first-order valence-electron chi connectivity index (χ1n) is 8.57. The van der Waals surface area contributed by atoms with Gasteiger partial charge in [-0.1, -0.05) is 35.9 Å². The second-order valence-electron chi connectivity index (χ2n) is 6.53. The van der Waals surface area contributed by atoms with Crippen molar-refractivity contribution in [3.63, 3.8) is 0 Å². The van der Waals surface area contributed by atoms with Crippen molar-refractivity contribution in [3.05, 3.63) is 83.4 Å². The molecule has 1 aliphatic heterocycles. The molecule has 0 aliphatic carbocycles. The number of fused-ring (bicyclic) bond motifs is 2. The molecule has 2 amide bonds. The molecule has 130 valence electrons. The molecule has 0 unspecified atom stereocenters. The fourth-order valence-electron chi connectivity index (χ4n) is 3.30. The molecule has 4 nitrogen and oxygen atoms in total. The maximum Gasteiger partial charge on any atom is 0.266 e. The Labute approximate surface area is 159 Å². The van der Waals surface area contributed by atoms with Crippen molar-refractivity contribution in [2.75, 3.05) is 4.90 Å². The summed E-state index contributed by atoms with van der Waals surface area (Å²) in [5.41, 5.74) is 4.31. The number of benzene rings is 3. The third-order valence-electron chi connectivity index (χ3n) is 4.72. The first kappa shape index (κ1) is 15.9. The third-order valence-corrected chi connectivity index (χ3v) is 5.81. The molecule has 1 aromatic heterocycles. The van der Waals surface area contributed by atoms with Gasteiger partial charge in [-0.2, -0.15) is 0 Å². The summed E-state index contributed by atoms with van der Waals surface area (Å²) in [6.07, 6.45) is 0. The zero-order valence-electron chi connectivity index (χ0n) is 14.5. The average molecular weight is 370 g/mol. The maximum absolute atomic E-state index is 12.9. The predicted octanol–water partition coefficient (Wildman–Crippen LogP) is 5.07. The van der Waals surface area contributed by atoms with Crippen LogP contribution in [0.2, 0.25) is 0 Å². The Bertz CT molecular complexity index is 1190. The molecule has 0 N–H and O–H groups in total. The van der Waals surface area contributed by atoms with Gasteiger partial charge in [-0.25, -0.2) is 9.88 Å². The summed E-state index contributed by atoms with van der Waals surface area (Å²) in [4.78, 5) is 31.6. The smallest absolute Gasteiger partial charge is 0.266 e. The van der Waals surface area contributed by atoms with Crippen molar-refractivity contribution in [1.82, 2.24) is 4.98 Å². The number of carbonyl (C=O) groups excluding carboxylic acids is 2. The van der Waals surface area contributed by atoms with Crippen LogP contribution in [-0.4, -0.2) is 16.8 Å². The number of imide groups is 1. The van der Waals surface area contributed by atoms with E-state index >= 15 is 0 Å². The van der Waals surface area contributed by atoms with Gasteiger partial charge in [-0.3, -0.25) is 9.59 Å². The van der Waals surface area contributed by atoms with E-state index in [9.17, 15) is 9.59 Å². The fourth-order valence-corrected chi connectivity index (χ4v) is 4.26. The van der Waals surface area contributed by atoms with Gasteiger partial charge in [0.1, 0.15) is 5.01 Å². The van der Waals surface area contributed by atoms with Crippen molar-refractivity contribution in [3.8, 4) is 10.6 Å². The Morgan fingerprint density at radius 1 is 0.852 bits per heavy atom. The van der Waals surface area contributed by atoms with E-state index in [1.807, 2.05) is 49.4 Å². The topological polar surface area (TPSA) is 50.3 Å². The lowest BCUT2D eigenvalue weighted by Gasteiger charge is -2.13. The zero-order valence-corrected chi connectivity index (χ0v) is 15.3. The summed E-state index contributed by atoms with van der Waals surface area (Å²) in [5.74, 6) is -0.573. The molecule has 3 aromatic carbocycles. The zero-order chi connectivity index (χ0) is 18.5. The number of aryl methyl sites for hydroxylation is 1. The van der Waals surface area contributed by atoms with Crippen molar-refractivity contribution in [2.45, 2.75) is 6.92 Å². The van der Waals surface area contributed by atoms with E-state index < -0.39 is 0 Å². The SMILES string of the molecule is Cc1ccc(N2C(=O)c3ccc(-c4nc5ccccc5s4)cc3C2=O)cc1. The lowest BCUT2D eigenvalue weighted by molar-refractivity contribution is 0.0926. The molecule has 0 saturated carbocycles. The van der Waals surface area contributed by atoms with Gasteiger partial charge in [-0.15, -0.1) is 11.3 Å². The quantitative estimate of drug-likeness (QED) is 0.463. The minimum atomic E-state index is -0.290. The van der Waals surface area contributed by atoms with Crippen LogP contribution in [0.5, 0.6) is 0 Å². The Hall–Kier alpha value is -3.31. The fraction of sp³-hybridized carbons (Fsp3) is 0.0455. The van der Waals surface area contributed by atoms with Gasteiger partial charge in [0.05, 0.1) is 27.0 Å². The molecule has 5 heteroatoms. The average Bonchev–Trinajstić information content (AvgIpc) is 3.22. The highest BCUT2D eigenvalue weighted by molar-refractivity contribution is 7.21. The van der Waals surface area contributed by atoms with E-state index in [4.69, 9.17) is 0 Å². The summed E-state index contributed by atoms with van der Waals surface area (Å²) in [6, 6.07) is 20.7. The van der Waals surface area contributed by atoms with Crippen LogP contribution in [0.1, 0.15) is 26.3 Å². The summed E-state index contributed by atoms with van der Waals surface area (Å²) >= 11 is 1.58. The van der Waals surface area contributed by atoms with Crippen LogP contribution in [0, 0.1) is 6.92 Å². The van der Waals surface area contributed by atoms with Gasteiger partial charge in [-0.05, 0) is 43.3 Å². The lowest BCUT2D eigenvalue weighted by Crippen LogP contribution is -2.29. The molecule has 0 spiro atoms. The van der Waals surface area contributed by atoms with Crippen LogP contribution >= 0.6 is 11.3 Å². The number of carbonyl (C=O) groups is 2. The van der Waals surface area contributed by atoms with E-state index in [-0.39, 0.29) is 11.8 Å². The second-order valence-corrected chi connectivity index (χ2v) is 7.56. The van der Waals surface area contributed by atoms with Crippen LogP contribution in [0.25, 0.3) is 20.8 Å². The summed E-state index contributed by atoms with van der Waals surface area (Å²) in [6.45, 7) is 1.97. The molecular weight excluding hydrogens is 356 g/mol. The third kappa shape index (κ3) is 2.47. The molecule has 0 atom stereocenters. The number of hydrogen-bond donors (Lipinski definition) is 0. The van der Waals surface area contributed by atoms with E-state index in [1.54, 1.807) is 35.6 Å². The Kier molecular flexibility index (Phi) is 3.45. The van der Waals surface area contributed by atoms with Crippen LogP contribution in [0.3, 0.4) is 0 Å². The van der Waals surface area contributed by atoms with E-state index in [1.165, 1.54) is 4.90 Å². The van der Waals surface area contributed by atoms with Crippen LogP contribution < -0.4 is 4.90 Å². The monoisotopic (exact) mass is 370 g/mol. The van der Waals surface area contributed by atoms with Crippen molar-refractivity contribution in [1.29, 1.82) is 0 Å². The molecule has 0 saturated heterocycles. The van der Waals surface area contributed by atoms with Crippen LogP contribution in [0.15, 0.2) is 66.7 Å². The van der Waals surface area contributed by atoms with Crippen molar-refractivity contribution >= 4 is 39.1 Å². The molecule has 0 bridgehead atoms. The number of amides is 2. The molecule has 27 heavy (non-hydrogen) atoms. The first-order valence-corrected chi connectivity index (χ1v) is 9.39. The number of thiazole rings is 1. The van der Waals surface area contributed by atoms with E-state index in [2.05, 4.69) is 4.98 Å². The highest BCUT2D eigenvalue weighted by Gasteiger charge is 2.36. The number of para-hydroxylation sites is 1. The van der Waals surface area contributed by atoms with Gasteiger partial charge in [0, 0.05) is 5.56 Å². The Morgan fingerprint density at radius 3 is 2.37 bits per heavy atom. The van der Waals surface area contributed by atoms with Gasteiger partial charge < -0.3 is 0 Å². The molecule has 0 fully saturated rings. The molecule has 1 aliphatic rings. The number of rotatable bonds is 2. The number of hydrogen-bond acceptors (Lipinski definition) is 4. The molecule has 2 heterocycles. The normalized spacial score (nSPS) is 13.4. The van der Waals surface area contributed by atoms with Crippen LogP contribution in [0.4, 0.5) is 5.69 Å². The maximum atomic E-state index is 12.9. The van der Waals surface area contributed by atoms with Crippen molar-refractivity contribution < 1.29 is 9.59 Å². The molecule has 5 rings (SSSR count). The molecule has 4 aromatic rings. The first-order chi connectivity index (χ1) is 13.1. The predicted molar refractivity (Wildman–Crippen MR) is 107 cm³/mol. The van der Waals surface area contributed by atoms with Gasteiger partial charge in [0.25, 0.3) is 11.8 Å². The minimum Gasteiger partial charge on any atom is -0.268 e. The van der Waals surface area contributed by atoms with Crippen LogP contribution in [-0.2, 0) is 0 Å². The summed E-state index contributed by atoms with van der Waals surface area (Å²) in [7, 11) is 0. The Morgan fingerprint density at radius 2 is 1.59 bits per heavy atom. The van der Waals surface area contributed by atoms with E-state index in [0.717, 1.165) is 26.4 Å². The lowest BCUT2D eigenvalue weighted by atomic mass is 10.1.